The first-order chi connectivity index (χ1) is 12.1. The molecular weight excluding hydrogens is 324 g/mol. The Bertz CT molecular complexity index is 578. The van der Waals surface area contributed by atoms with Gasteiger partial charge in [0.25, 0.3) is 5.88 Å². The maximum Gasteiger partial charge on any atom is 0.410 e. The third-order valence-corrected chi connectivity index (χ3v) is 4.42. The lowest BCUT2D eigenvalue weighted by atomic mass is 10.1. The molecule has 0 aliphatic carbocycles. The summed E-state index contributed by atoms with van der Waals surface area (Å²) < 4.78 is 16.9. The van der Waals surface area contributed by atoms with E-state index in [-0.39, 0.29) is 18.3 Å². The van der Waals surface area contributed by atoms with Gasteiger partial charge in [-0.05, 0) is 12.8 Å². The van der Waals surface area contributed by atoms with Crippen LogP contribution in [0.3, 0.4) is 0 Å². The Morgan fingerprint density at radius 3 is 2.72 bits per heavy atom. The van der Waals surface area contributed by atoms with Crippen LogP contribution in [0.2, 0.25) is 0 Å². The topological polar surface area (TPSA) is 77.0 Å². The van der Waals surface area contributed by atoms with E-state index in [0.717, 1.165) is 25.7 Å². The fourth-order valence-corrected chi connectivity index (χ4v) is 3.08. The molecule has 0 radical (unpaired) electrons. The number of rotatable bonds is 4. The van der Waals surface area contributed by atoms with Crippen LogP contribution < -0.4 is 9.64 Å². The van der Waals surface area contributed by atoms with E-state index < -0.39 is 0 Å². The van der Waals surface area contributed by atoms with Gasteiger partial charge >= 0.3 is 6.09 Å². The molecular formula is C17H26N4O4. The second kappa shape index (κ2) is 8.33. The molecule has 3 rings (SSSR count). The van der Waals surface area contributed by atoms with Crippen LogP contribution in [0.25, 0.3) is 0 Å². The zero-order valence-corrected chi connectivity index (χ0v) is 14.9. The molecule has 0 saturated carbocycles. The first-order valence-corrected chi connectivity index (χ1v) is 8.82. The lowest BCUT2D eigenvalue weighted by molar-refractivity contribution is -0.0174. The molecule has 1 unspecified atom stereocenters. The van der Waals surface area contributed by atoms with E-state index in [4.69, 9.17) is 14.2 Å². The molecule has 1 aromatic rings. The summed E-state index contributed by atoms with van der Waals surface area (Å²) in [5.41, 5.74) is 0. The second-order valence-corrected chi connectivity index (χ2v) is 6.60. The molecule has 2 fully saturated rings. The normalized spacial score (nSPS) is 21.7. The molecule has 8 heteroatoms. The molecule has 1 atom stereocenters. The SMILES string of the molecule is CN(C)c1nccnc1OC1CCCN(C(=O)OC2CCOCC2)C1. The zero-order chi connectivity index (χ0) is 17.6. The smallest absolute Gasteiger partial charge is 0.410 e. The molecule has 8 nitrogen and oxygen atoms in total. The highest BCUT2D eigenvalue weighted by molar-refractivity contribution is 5.68. The highest BCUT2D eigenvalue weighted by atomic mass is 16.6. The summed E-state index contributed by atoms with van der Waals surface area (Å²) >= 11 is 0. The molecule has 0 bridgehead atoms. The van der Waals surface area contributed by atoms with Crippen molar-refractivity contribution in [3.05, 3.63) is 12.4 Å². The summed E-state index contributed by atoms with van der Waals surface area (Å²) in [6.07, 6.45) is 6.15. The van der Waals surface area contributed by atoms with Crippen LogP contribution in [0, 0.1) is 0 Å². The van der Waals surface area contributed by atoms with Crippen molar-refractivity contribution in [2.45, 2.75) is 37.9 Å². The van der Waals surface area contributed by atoms with Crippen molar-refractivity contribution in [2.24, 2.45) is 0 Å². The molecule has 1 amide bonds. The summed E-state index contributed by atoms with van der Waals surface area (Å²) in [6.45, 7) is 2.52. The van der Waals surface area contributed by atoms with Crippen molar-refractivity contribution in [1.29, 1.82) is 0 Å². The number of likely N-dealkylation sites (tertiary alicyclic amines) is 1. The Labute approximate surface area is 148 Å². The van der Waals surface area contributed by atoms with Crippen LogP contribution in [-0.4, -0.2) is 73.6 Å². The minimum Gasteiger partial charge on any atom is -0.470 e. The van der Waals surface area contributed by atoms with Crippen molar-refractivity contribution < 1.29 is 19.0 Å². The molecule has 0 aromatic carbocycles. The highest BCUT2D eigenvalue weighted by Crippen LogP contribution is 2.24. The van der Waals surface area contributed by atoms with Crippen molar-refractivity contribution in [3.63, 3.8) is 0 Å². The Hall–Kier alpha value is -2.09. The lowest BCUT2D eigenvalue weighted by Crippen LogP contribution is -2.46. The number of hydrogen-bond acceptors (Lipinski definition) is 7. The average Bonchev–Trinajstić information content (AvgIpc) is 2.63. The van der Waals surface area contributed by atoms with Gasteiger partial charge in [0.2, 0.25) is 0 Å². The van der Waals surface area contributed by atoms with Crippen molar-refractivity contribution in [3.8, 4) is 5.88 Å². The molecule has 0 spiro atoms. The number of nitrogens with zero attached hydrogens (tertiary/aromatic N) is 4. The summed E-state index contributed by atoms with van der Waals surface area (Å²) in [7, 11) is 3.80. The summed E-state index contributed by atoms with van der Waals surface area (Å²) in [5, 5.41) is 0. The monoisotopic (exact) mass is 350 g/mol. The number of carbonyl (C=O) groups excluding carboxylic acids is 1. The fourth-order valence-electron chi connectivity index (χ4n) is 3.08. The van der Waals surface area contributed by atoms with E-state index in [2.05, 4.69) is 9.97 Å². The van der Waals surface area contributed by atoms with E-state index in [1.807, 2.05) is 19.0 Å². The van der Waals surface area contributed by atoms with Gasteiger partial charge in [0, 0.05) is 45.9 Å². The van der Waals surface area contributed by atoms with Gasteiger partial charge in [0.05, 0.1) is 19.8 Å². The number of aromatic nitrogens is 2. The molecule has 2 aliphatic heterocycles. The molecule has 0 N–H and O–H groups in total. The Morgan fingerprint density at radius 1 is 1.20 bits per heavy atom. The number of piperidine rings is 1. The van der Waals surface area contributed by atoms with E-state index in [9.17, 15) is 4.79 Å². The number of carbonyl (C=O) groups is 1. The predicted octanol–water partition coefficient (Wildman–Crippen LogP) is 1.70. The lowest BCUT2D eigenvalue weighted by Gasteiger charge is -2.33. The van der Waals surface area contributed by atoms with E-state index in [1.165, 1.54) is 0 Å². The van der Waals surface area contributed by atoms with Crippen LogP contribution in [0.4, 0.5) is 10.6 Å². The maximum atomic E-state index is 12.4. The van der Waals surface area contributed by atoms with Crippen LogP contribution >= 0.6 is 0 Å². The number of ether oxygens (including phenoxy) is 3. The Morgan fingerprint density at radius 2 is 1.96 bits per heavy atom. The van der Waals surface area contributed by atoms with Gasteiger partial charge in [-0.2, -0.15) is 0 Å². The third kappa shape index (κ3) is 4.72. The zero-order valence-electron chi connectivity index (χ0n) is 14.9. The first kappa shape index (κ1) is 17.7. The second-order valence-electron chi connectivity index (χ2n) is 6.60. The summed E-state index contributed by atoms with van der Waals surface area (Å²) in [4.78, 5) is 24.6. The molecule has 2 aliphatic rings. The molecule has 25 heavy (non-hydrogen) atoms. The van der Waals surface area contributed by atoms with Crippen molar-refractivity contribution in [2.75, 3.05) is 45.3 Å². The van der Waals surface area contributed by atoms with Gasteiger partial charge in [-0.1, -0.05) is 0 Å². The summed E-state index contributed by atoms with van der Waals surface area (Å²) in [5.74, 6) is 1.18. The highest BCUT2D eigenvalue weighted by Gasteiger charge is 2.29. The fraction of sp³-hybridized carbons (Fsp3) is 0.706. The number of hydrogen-bond donors (Lipinski definition) is 0. The predicted molar refractivity (Wildman–Crippen MR) is 91.9 cm³/mol. The maximum absolute atomic E-state index is 12.4. The minimum atomic E-state index is -0.257. The van der Waals surface area contributed by atoms with Gasteiger partial charge in [-0.3, -0.25) is 0 Å². The molecule has 2 saturated heterocycles. The minimum absolute atomic E-state index is 0.0390. The van der Waals surface area contributed by atoms with Gasteiger partial charge in [0.1, 0.15) is 12.2 Å². The Balaban J connectivity index is 1.56. The number of amides is 1. The molecule has 1 aromatic heterocycles. The van der Waals surface area contributed by atoms with E-state index in [0.29, 0.717) is 38.0 Å². The first-order valence-electron chi connectivity index (χ1n) is 8.82. The largest absolute Gasteiger partial charge is 0.470 e. The van der Waals surface area contributed by atoms with Gasteiger partial charge in [-0.25, -0.2) is 14.8 Å². The van der Waals surface area contributed by atoms with Gasteiger partial charge < -0.3 is 24.0 Å². The standard InChI is InChI=1S/C17H26N4O4/c1-20(2)15-16(19-8-7-18-15)24-14-4-3-9-21(12-14)17(22)25-13-5-10-23-11-6-13/h7-8,13-14H,3-6,9-12H2,1-2H3. The van der Waals surface area contributed by atoms with Gasteiger partial charge in [0.15, 0.2) is 5.82 Å². The van der Waals surface area contributed by atoms with Crippen LogP contribution in [0.1, 0.15) is 25.7 Å². The number of anilines is 1. The Kier molecular flexibility index (Phi) is 5.91. The molecule has 138 valence electrons. The van der Waals surface area contributed by atoms with Crippen LogP contribution in [-0.2, 0) is 9.47 Å². The van der Waals surface area contributed by atoms with Crippen molar-refractivity contribution in [1.82, 2.24) is 14.9 Å². The van der Waals surface area contributed by atoms with Crippen molar-refractivity contribution >= 4 is 11.9 Å². The third-order valence-electron chi connectivity index (χ3n) is 4.42. The quantitative estimate of drug-likeness (QED) is 0.818. The van der Waals surface area contributed by atoms with Crippen LogP contribution in [0.5, 0.6) is 5.88 Å². The van der Waals surface area contributed by atoms with Gasteiger partial charge in [-0.15, -0.1) is 0 Å². The van der Waals surface area contributed by atoms with E-state index >= 15 is 0 Å². The average molecular weight is 350 g/mol. The summed E-state index contributed by atoms with van der Waals surface area (Å²) in [6, 6.07) is 0. The van der Waals surface area contributed by atoms with Crippen LogP contribution in [0.15, 0.2) is 12.4 Å². The van der Waals surface area contributed by atoms with E-state index in [1.54, 1.807) is 17.3 Å². The molecule has 3 heterocycles.